The molecule has 1 aliphatic carbocycles. The number of carboxylic acid groups (broad SMARTS) is 1. The molecule has 0 heterocycles. The first kappa shape index (κ1) is 16.2. The van der Waals surface area contributed by atoms with Crippen molar-refractivity contribution in [2.75, 3.05) is 5.75 Å². The highest BCUT2D eigenvalue weighted by atomic mass is 32.2. The van der Waals surface area contributed by atoms with Crippen LogP contribution < -0.4 is 0 Å². The minimum absolute atomic E-state index is 0.123. The largest absolute Gasteiger partial charge is 0.481 e. The van der Waals surface area contributed by atoms with Crippen LogP contribution in [0.15, 0.2) is 34.1 Å². The van der Waals surface area contributed by atoms with Gasteiger partial charge in [-0.3, -0.25) is 4.79 Å². The van der Waals surface area contributed by atoms with Gasteiger partial charge in [0.15, 0.2) is 0 Å². The molecule has 0 saturated heterocycles. The Morgan fingerprint density at radius 2 is 1.86 bits per heavy atom. The molecule has 0 amide bonds. The molecule has 1 aromatic rings. The van der Waals surface area contributed by atoms with E-state index in [2.05, 4.69) is 0 Å². The predicted molar refractivity (Wildman–Crippen MR) is 74.3 cm³/mol. The second kappa shape index (κ2) is 5.92. The van der Waals surface area contributed by atoms with E-state index in [1.807, 2.05) is 0 Å². The summed E-state index contributed by atoms with van der Waals surface area (Å²) in [6.45, 7) is 0. The quantitative estimate of drug-likeness (QED) is 0.775. The van der Waals surface area contributed by atoms with Gasteiger partial charge in [0.1, 0.15) is 0 Å². The maximum absolute atomic E-state index is 12.4. The summed E-state index contributed by atoms with van der Waals surface area (Å²) < 4.78 is 47.3. The third kappa shape index (κ3) is 3.94. The van der Waals surface area contributed by atoms with Crippen molar-refractivity contribution < 1.29 is 27.1 Å². The number of benzene rings is 1. The predicted octanol–water partition coefficient (Wildman–Crippen LogP) is 3.03. The van der Waals surface area contributed by atoms with Crippen LogP contribution in [0.4, 0.5) is 8.78 Å². The van der Waals surface area contributed by atoms with Gasteiger partial charge in [0, 0.05) is 10.6 Å². The Balaban J connectivity index is 1.99. The summed E-state index contributed by atoms with van der Waals surface area (Å²) in [5.74, 6) is -3.63. The molecule has 116 valence electrons. The minimum atomic E-state index is -4.56. The van der Waals surface area contributed by atoms with E-state index in [-0.39, 0.29) is 11.8 Å². The lowest BCUT2D eigenvalue weighted by molar-refractivity contribution is -0.138. The number of alkyl halides is 2. The summed E-state index contributed by atoms with van der Waals surface area (Å²) in [6.07, 6.45) is 1.85. The minimum Gasteiger partial charge on any atom is -0.481 e. The van der Waals surface area contributed by atoms with Gasteiger partial charge < -0.3 is 5.11 Å². The van der Waals surface area contributed by atoms with Crippen LogP contribution in [0.1, 0.15) is 19.3 Å². The van der Waals surface area contributed by atoms with Crippen LogP contribution in [-0.2, 0) is 14.6 Å². The first-order valence-corrected chi connectivity index (χ1v) is 8.75. The molecule has 0 radical (unpaired) electrons. The SMILES string of the molecule is O=C(O)CC1(CSc2ccc(S(=O)(=O)C(F)F)cc2)CC1. The van der Waals surface area contributed by atoms with Crippen molar-refractivity contribution in [2.24, 2.45) is 5.41 Å². The smallest absolute Gasteiger partial charge is 0.341 e. The number of hydrogen-bond acceptors (Lipinski definition) is 4. The van der Waals surface area contributed by atoms with E-state index in [0.717, 1.165) is 29.9 Å². The van der Waals surface area contributed by atoms with Gasteiger partial charge in [0.05, 0.1) is 11.3 Å². The van der Waals surface area contributed by atoms with Crippen LogP contribution >= 0.6 is 11.8 Å². The van der Waals surface area contributed by atoms with Gasteiger partial charge >= 0.3 is 11.7 Å². The number of rotatable bonds is 7. The monoisotopic (exact) mass is 336 g/mol. The van der Waals surface area contributed by atoms with E-state index >= 15 is 0 Å². The fourth-order valence-electron chi connectivity index (χ4n) is 1.93. The second-order valence-corrected chi connectivity index (χ2v) is 8.10. The number of sulfone groups is 1. The van der Waals surface area contributed by atoms with Crippen molar-refractivity contribution in [2.45, 2.75) is 34.8 Å². The van der Waals surface area contributed by atoms with Crippen LogP contribution in [-0.4, -0.2) is 31.0 Å². The van der Waals surface area contributed by atoms with Crippen molar-refractivity contribution in [1.29, 1.82) is 0 Å². The number of carbonyl (C=O) groups is 1. The number of hydrogen-bond donors (Lipinski definition) is 1. The third-order valence-corrected chi connectivity index (χ3v) is 6.18. The Morgan fingerprint density at radius 3 is 2.29 bits per heavy atom. The topological polar surface area (TPSA) is 71.4 Å². The summed E-state index contributed by atoms with van der Waals surface area (Å²) in [5.41, 5.74) is -0.176. The van der Waals surface area contributed by atoms with Gasteiger partial charge in [-0.1, -0.05) is 0 Å². The van der Waals surface area contributed by atoms with E-state index in [1.165, 1.54) is 23.9 Å². The molecule has 0 spiro atoms. The molecule has 1 fully saturated rings. The van der Waals surface area contributed by atoms with Crippen LogP contribution in [0, 0.1) is 5.41 Å². The molecule has 1 saturated carbocycles. The van der Waals surface area contributed by atoms with E-state index in [9.17, 15) is 22.0 Å². The molecule has 0 bridgehead atoms. The Kier molecular flexibility index (Phi) is 4.57. The van der Waals surface area contributed by atoms with Crippen molar-refractivity contribution >= 4 is 27.6 Å². The molecule has 2 rings (SSSR count). The van der Waals surface area contributed by atoms with Crippen molar-refractivity contribution in [1.82, 2.24) is 0 Å². The molecule has 4 nitrogen and oxygen atoms in total. The normalized spacial score (nSPS) is 16.9. The summed E-state index contributed by atoms with van der Waals surface area (Å²) in [7, 11) is -4.56. The zero-order valence-corrected chi connectivity index (χ0v) is 12.6. The maximum Gasteiger partial charge on any atom is 0.341 e. The number of halogens is 2. The zero-order valence-electron chi connectivity index (χ0n) is 11.0. The fraction of sp³-hybridized carbons (Fsp3) is 0.462. The molecule has 1 aliphatic rings. The van der Waals surface area contributed by atoms with Crippen molar-refractivity contribution in [3.05, 3.63) is 24.3 Å². The van der Waals surface area contributed by atoms with E-state index in [4.69, 9.17) is 5.11 Å². The number of aliphatic carboxylic acids is 1. The number of carboxylic acids is 1. The highest BCUT2D eigenvalue weighted by Crippen LogP contribution is 2.51. The number of thioether (sulfide) groups is 1. The Bertz CT molecular complexity index is 622. The summed E-state index contributed by atoms with van der Waals surface area (Å²) in [6, 6.07) is 5.24. The summed E-state index contributed by atoms with van der Waals surface area (Å²) >= 11 is 1.41. The van der Waals surface area contributed by atoms with Gasteiger partial charge in [-0.2, -0.15) is 8.78 Å². The Morgan fingerprint density at radius 1 is 1.29 bits per heavy atom. The van der Waals surface area contributed by atoms with Crippen LogP contribution in [0.2, 0.25) is 0 Å². The van der Waals surface area contributed by atoms with Crippen molar-refractivity contribution in [3.8, 4) is 0 Å². The average molecular weight is 336 g/mol. The standard InChI is InChI=1S/C13H14F2O4S2/c14-12(15)21(18,19)10-3-1-9(2-4-10)20-8-13(5-6-13)7-11(16)17/h1-4,12H,5-8H2,(H,16,17). The highest BCUT2D eigenvalue weighted by molar-refractivity contribution is 7.99. The average Bonchev–Trinajstić information content (AvgIpc) is 3.16. The lowest BCUT2D eigenvalue weighted by atomic mass is 10.1. The molecule has 0 aliphatic heterocycles. The molecule has 8 heteroatoms. The lowest BCUT2D eigenvalue weighted by Gasteiger charge is -2.12. The molecular weight excluding hydrogens is 322 g/mol. The van der Waals surface area contributed by atoms with E-state index in [1.54, 1.807) is 0 Å². The Labute approximate surface area is 125 Å². The molecule has 21 heavy (non-hydrogen) atoms. The van der Waals surface area contributed by atoms with Crippen LogP contribution in [0.25, 0.3) is 0 Å². The molecule has 0 aromatic heterocycles. The van der Waals surface area contributed by atoms with Gasteiger partial charge in [-0.05, 0) is 42.5 Å². The van der Waals surface area contributed by atoms with Gasteiger partial charge in [0.25, 0.3) is 0 Å². The van der Waals surface area contributed by atoms with E-state index < -0.39 is 26.5 Å². The Hall–Kier alpha value is -1.15. The molecule has 0 atom stereocenters. The lowest BCUT2D eigenvalue weighted by Crippen LogP contribution is -2.11. The van der Waals surface area contributed by atoms with Crippen LogP contribution in [0.3, 0.4) is 0 Å². The second-order valence-electron chi connectivity index (χ2n) is 5.14. The highest BCUT2D eigenvalue weighted by Gasteiger charge is 2.44. The molecule has 0 unspecified atom stereocenters. The molecule has 1 N–H and O–H groups in total. The van der Waals surface area contributed by atoms with Gasteiger partial charge in [0.2, 0.25) is 9.84 Å². The van der Waals surface area contributed by atoms with Crippen molar-refractivity contribution in [3.63, 3.8) is 0 Å². The molecule has 1 aromatic carbocycles. The molecular formula is C13H14F2O4S2. The van der Waals surface area contributed by atoms with Gasteiger partial charge in [-0.25, -0.2) is 8.42 Å². The zero-order chi connectivity index (χ0) is 15.7. The third-order valence-electron chi connectivity index (χ3n) is 3.42. The first-order chi connectivity index (χ1) is 9.75. The maximum atomic E-state index is 12.4. The summed E-state index contributed by atoms with van der Waals surface area (Å²) in [5, 5.41) is 8.82. The van der Waals surface area contributed by atoms with E-state index in [0.29, 0.717) is 5.75 Å². The summed E-state index contributed by atoms with van der Waals surface area (Å²) in [4.78, 5) is 11.1. The van der Waals surface area contributed by atoms with Crippen LogP contribution in [0.5, 0.6) is 0 Å². The first-order valence-electron chi connectivity index (χ1n) is 6.22. The fourth-order valence-corrected chi connectivity index (χ4v) is 3.85. The van der Waals surface area contributed by atoms with Gasteiger partial charge in [-0.15, -0.1) is 11.8 Å².